The second-order valence-electron chi connectivity index (χ2n) is 9.24. The van der Waals surface area contributed by atoms with Crippen molar-refractivity contribution in [2.75, 3.05) is 42.5 Å². The van der Waals surface area contributed by atoms with E-state index in [0.717, 1.165) is 61.5 Å². The minimum absolute atomic E-state index is 0.0314. The van der Waals surface area contributed by atoms with Gasteiger partial charge in [-0.25, -0.2) is 4.98 Å². The van der Waals surface area contributed by atoms with Crippen LogP contribution >= 0.6 is 23.2 Å². The van der Waals surface area contributed by atoms with Gasteiger partial charge in [0.15, 0.2) is 0 Å². The number of benzene rings is 1. The molecule has 0 N–H and O–H groups in total. The van der Waals surface area contributed by atoms with E-state index in [1.54, 1.807) is 18.2 Å². The van der Waals surface area contributed by atoms with E-state index in [2.05, 4.69) is 16.7 Å². The minimum Gasteiger partial charge on any atom is -0.356 e. The van der Waals surface area contributed by atoms with Crippen LogP contribution < -0.4 is 9.80 Å². The van der Waals surface area contributed by atoms with Gasteiger partial charge in [-0.15, -0.1) is 0 Å². The minimum atomic E-state index is -0.0314. The molecule has 5 rings (SSSR count). The molecule has 8 heteroatoms. The molecule has 6 nitrogen and oxygen atoms in total. The summed E-state index contributed by atoms with van der Waals surface area (Å²) in [5.41, 5.74) is 2.75. The third-order valence-corrected chi connectivity index (χ3v) is 7.69. The summed E-state index contributed by atoms with van der Waals surface area (Å²) in [6.07, 6.45) is 5.47. The summed E-state index contributed by atoms with van der Waals surface area (Å²) in [6.45, 7) is 7.54. The van der Waals surface area contributed by atoms with E-state index in [0.29, 0.717) is 28.7 Å². The Kier molecular flexibility index (Phi) is 6.17. The molecule has 0 bridgehead atoms. The first-order valence-electron chi connectivity index (χ1n) is 11.6. The number of amides is 1. The third-order valence-electron chi connectivity index (χ3n) is 6.95. The van der Waals surface area contributed by atoms with Crippen LogP contribution in [0.5, 0.6) is 0 Å². The first-order chi connectivity index (χ1) is 15.5. The predicted molar refractivity (Wildman–Crippen MR) is 129 cm³/mol. The first-order valence-corrected chi connectivity index (χ1v) is 12.4. The molecule has 0 unspecified atom stereocenters. The zero-order valence-electron chi connectivity index (χ0n) is 18.5. The lowest BCUT2D eigenvalue weighted by Gasteiger charge is -2.36. The van der Waals surface area contributed by atoms with Crippen LogP contribution in [0, 0.1) is 5.92 Å². The van der Waals surface area contributed by atoms with Crippen molar-refractivity contribution in [1.82, 2.24) is 14.9 Å². The van der Waals surface area contributed by atoms with Gasteiger partial charge in [0.05, 0.1) is 22.3 Å². The van der Waals surface area contributed by atoms with Gasteiger partial charge in [-0.3, -0.25) is 4.79 Å². The summed E-state index contributed by atoms with van der Waals surface area (Å²) in [6, 6.07) is 5.08. The van der Waals surface area contributed by atoms with Gasteiger partial charge < -0.3 is 14.7 Å². The lowest BCUT2D eigenvalue weighted by Crippen LogP contribution is -2.40. The van der Waals surface area contributed by atoms with E-state index in [-0.39, 0.29) is 5.91 Å². The van der Waals surface area contributed by atoms with Crippen LogP contribution in [0.2, 0.25) is 10.0 Å². The number of hydrogen-bond donors (Lipinski definition) is 0. The molecule has 4 heterocycles. The number of nitrogens with zero attached hydrogens (tertiary/aromatic N) is 5. The molecule has 0 spiro atoms. The van der Waals surface area contributed by atoms with E-state index in [9.17, 15) is 4.79 Å². The van der Waals surface area contributed by atoms with E-state index in [4.69, 9.17) is 33.2 Å². The zero-order valence-corrected chi connectivity index (χ0v) is 20.0. The first kappa shape index (κ1) is 21.8. The van der Waals surface area contributed by atoms with Crippen LogP contribution in [0.1, 0.15) is 54.2 Å². The summed E-state index contributed by atoms with van der Waals surface area (Å²) in [4.78, 5) is 29.9. The van der Waals surface area contributed by atoms with Crippen molar-refractivity contribution in [3.63, 3.8) is 0 Å². The van der Waals surface area contributed by atoms with Crippen LogP contribution in [-0.4, -0.2) is 53.5 Å². The molecule has 1 aromatic carbocycles. The molecule has 2 saturated heterocycles. The van der Waals surface area contributed by atoms with Gasteiger partial charge in [0.1, 0.15) is 5.82 Å². The van der Waals surface area contributed by atoms with E-state index in [1.807, 2.05) is 4.90 Å². The molecular weight excluding hydrogens is 445 g/mol. The SMILES string of the molecule is CC1CCN(c2nc(N3CCCC3)nc3c2CN(C(=O)c2ccc(Cl)c(Cl)c2)CC3)CC1. The Bertz CT molecular complexity index is 1020. The lowest BCUT2D eigenvalue weighted by atomic mass is 9.98. The lowest BCUT2D eigenvalue weighted by molar-refractivity contribution is 0.0733. The number of carbonyl (C=O) groups is 1. The molecular formula is C24H29Cl2N5O. The number of aromatic nitrogens is 2. The number of hydrogen-bond acceptors (Lipinski definition) is 5. The van der Waals surface area contributed by atoms with Gasteiger partial charge in [-0.2, -0.15) is 4.98 Å². The average Bonchev–Trinajstić information content (AvgIpc) is 3.35. The molecule has 1 aromatic heterocycles. The molecule has 170 valence electrons. The summed E-state index contributed by atoms with van der Waals surface area (Å²) < 4.78 is 0. The highest BCUT2D eigenvalue weighted by Crippen LogP contribution is 2.33. The number of rotatable bonds is 3. The second kappa shape index (κ2) is 9.06. The van der Waals surface area contributed by atoms with Crippen molar-refractivity contribution in [3.8, 4) is 0 Å². The summed E-state index contributed by atoms with van der Waals surface area (Å²) >= 11 is 12.2. The number of halogens is 2. The molecule has 0 atom stereocenters. The standard InChI is InChI=1S/C24H29Cl2N5O/c1-16-6-11-29(12-7-16)22-18-15-31(23(32)17-4-5-19(25)20(26)14-17)13-8-21(18)27-24(28-22)30-9-2-3-10-30/h4-5,14,16H,2-3,6-13,15H2,1H3. The van der Waals surface area contributed by atoms with Gasteiger partial charge in [0.2, 0.25) is 5.95 Å². The molecule has 0 aliphatic carbocycles. The molecule has 0 radical (unpaired) electrons. The molecule has 2 aromatic rings. The van der Waals surface area contributed by atoms with Crippen LogP contribution in [0.4, 0.5) is 11.8 Å². The van der Waals surface area contributed by atoms with Crippen LogP contribution in [0.25, 0.3) is 0 Å². The van der Waals surface area contributed by atoms with Crippen molar-refractivity contribution >= 4 is 40.9 Å². The van der Waals surface area contributed by atoms with Gasteiger partial charge in [-0.05, 0) is 49.8 Å². The van der Waals surface area contributed by atoms with Crippen molar-refractivity contribution in [1.29, 1.82) is 0 Å². The van der Waals surface area contributed by atoms with Crippen molar-refractivity contribution < 1.29 is 4.79 Å². The van der Waals surface area contributed by atoms with Crippen LogP contribution in [0.3, 0.4) is 0 Å². The fraction of sp³-hybridized carbons (Fsp3) is 0.542. The fourth-order valence-corrected chi connectivity index (χ4v) is 5.21. The van der Waals surface area contributed by atoms with E-state index >= 15 is 0 Å². The Hall–Kier alpha value is -2.05. The topological polar surface area (TPSA) is 52.6 Å². The van der Waals surface area contributed by atoms with Gasteiger partial charge in [0, 0.05) is 50.3 Å². The Morgan fingerprint density at radius 2 is 1.72 bits per heavy atom. The van der Waals surface area contributed by atoms with Gasteiger partial charge in [0.25, 0.3) is 5.91 Å². The summed E-state index contributed by atoms with van der Waals surface area (Å²) in [5, 5.41) is 0.855. The Balaban J connectivity index is 1.46. The van der Waals surface area contributed by atoms with Crippen molar-refractivity contribution in [2.45, 2.75) is 45.6 Å². The van der Waals surface area contributed by atoms with Crippen molar-refractivity contribution in [2.24, 2.45) is 5.92 Å². The molecule has 3 aliphatic rings. The summed E-state index contributed by atoms with van der Waals surface area (Å²) in [7, 11) is 0. The van der Waals surface area contributed by atoms with Gasteiger partial charge >= 0.3 is 0 Å². The molecule has 1 amide bonds. The number of piperidine rings is 1. The van der Waals surface area contributed by atoms with Crippen molar-refractivity contribution in [3.05, 3.63) is 45.1 Å². The maximum absolute atomic E-state index is 13.2. The zero-order chi connectivity index (χ0) is 22.2. The maximum Gasteiger partial charge on any atom is 0.254 e. The highest BCUT2D eigenvalue weighted by molar-refractivity contribution is 6.42. The number of carbonyl (C=O) groups excluding carboxylic acids is 1. The van der Waals surface area contributed by atoms with Crippen LogP contribution in [-0.2, 0) is 13.0 Å². The predicted octanol–water partition coefficient (Wildman–Crippen LogP) is 4.82. The summed E-state index contributed by atoms with van der Waals surface area (Å²) in [5.74, 6) is 2.60. The van der Waals surface area contributed by atoms with Crippen LogP contribution in [0.15, 0.2) is 18.2 Å². The number of anilines is 2. The van der Waals surface area contributed by atoms with E-state index < -0.39 is 0 Å². The highest BCUT2D eigenvalue weighted by Gasteiger charge is 2.30. The number of fused-ring (bicyclic) bond motifs is 1. The quantitative estimate of drug-likeness (QED) is 0.639. The third kappa shape index (κ3) is 4.27. The molecule has 2 fully saturated rings. The molecule has 3 aliphatic heterocycles. The Morgan fingerprint density at radius 1 is 0.969 bits per heavy atom. The maximum atomic E-state index is 13.2. The Labute approximate surface area is 199 Å². The van der Waals surface area contributed by atoms with Gasteiger partial charge in [-0.1, -0.05) is 30.1 Å². The smallest absolute Gasteiger partial charge is 0.254 e. The normalized spacial score (nSPS) is 19.4. The largest absolute Gasteiger partial charge is 0.356 e. The Morgan fingerprint density at radius 3 is 2.44 bits per heavy atom. The van der Waals surface area contributed by atoms with E-state index in [1.165, 1.54) is 25.7 Å². The monoisotopic (exact) mass is 473 g/mol. The molecule has 32 heavy (non-hydrogen) atoms. The average molecular weight is 474 g/mol. The molecule has 0 saturated carbocycles. The fourth-order valence-electron chi connectivity index (χ4n) is 4.91. The highest BCUT2D eigenvalue weighted by atomic mass is 35.5. The second-order valence-corrected chi connectivity index (χ2v) is 10.1.